The number of rotatable bonds is 9. The summed E-state index contributed by atoms with van der Waals surface area (Å²) in [6.07, 6.45) is 5.34. The molecule has 4 atom stereocenters. The van der Waals surface area contributed by atoms with Gasteiger partial charge in [-0.2, -0.15) is 0 Å². The van der Waals surface area contributed by atoms with Gasteiger partial charge >= 0.3 is 7.12 Å². The molecule has 3 aromatic carbocycles. The zero-order valence-electron chi connectivity index (χ0n) is 24.7. The maximum Gasteiger partial charge on any atom is 0.455 e. The number of allylic oxidation sites excluding steroid dienone is 1. The Balaban J connectivity index is 1.36. The molecule has 0 radical (unpaired) electrons. The Morgan fingerprint density at radius 1 is 1.00 bits per heavy atom. The molecule has 44 heavy (non-hydrogen) atoms. The summed E-state index contributed by atoms with van der Waals surface area (Å²) in [5.74, 6) is -0.463. The lowest BCUT2D eigenvalue weighted by Crippen LogP contribution is -2.51. The Labute approximate surface area is 267 Å². The van der Waals surface area contributed by atoms with E-state index in [1.54, 1.807) is 36.4 Å². The first-order valence-electron chi connectivity index (χ1n) is 15.4. The average Bonchev–Trinajstić information content (AvgIpc) is 3.03. The lowest BCUT2D eigenvalue weighted by molar-refractivity contribution is 0.0592. The van der Waals surface area contributed by atoms with E-state index in [1.807, 2.05) is 42.5 Å². The molecule has 1 fully saturated rings. The lowest BCUT2D eigenvalue weighted by atomic mass is 9.54. The van der Waals surface area contributed by atoms with Crippen LogP contribution in [0.15, 0.2) is 94.0 Å². The number of carbonyl (C=O) groups excluding carboxylic acids is 2. The highest BCUT2D eigenvalue weighted by atomic mass is 79.9. The summed E-state index contributed by atoms with van der Waals surface area (Å²) in [7, 11) is -1.04. The predicted octanol–water partition coefficient (Wildman–Crippen LogP) is 7.70. The van der Waals surface area contributed by atoms with Crippen LogP contribution in [0.2, 0.25) is 6.32 Å². The van der Waals surface area contributed by atoms with Gasteiger partial charge in [0.1, 0.15) is 18.1 Å². The quantitative estimate of drug-likeness (QED) is 0.181. The molecular formula is C36H36BBrO6. The molecule has 1 saturated heterocycles. The molecule has 8 heteroatoms. The van der Waals surface area contributed by atoms with Crippen molar-refractivity contribution < 1.29 is 29.1 Å². The van der Waals surface area contributed by atoms with Gasteiger partial charge in [0.05, 0.1) is 6.10 Å². The molecule has 0 spiro atoms. The minimum Gasteiger partial charge on any atom is -0.507 e. The molecule has 0 aromatic heterocycles. The smallest absolute Gasteiger partial charge is 0.455 e. The monoisotopic (exact) mass is 654 g/mol. The van der Waals surface area contributed by atoms with Gasteiger partial charge in [-0.25, -0.2) is 0 Å². The molecule has 0 unspecified atom stereocenters. The van der Waals surface area contributed by atoms with Crippen molar-refractivity contribution in [2.24, 2.45) is 17.8 Å². The SMILES string of the molecule is CCC/C(=C\c1cc(Br)ccc1O)CC[C@H]1OB(O)C[C@H]2C1=C(COc1ccccc1)C[C@H]1C(=O)c3ccccc3C(=O)[C@H]12. The largest absolute Gasteiger partial charge is 0.507 e. The van der Waals surface area contributed by atoms with Crippen LogP contribution in [0, 0.1) is 17.8 Å². The average molecular weight is 655 g/mol. The van der Waals surface area contributed by atoms with Crippen molar-refractivity contribution in [1.82, 2.24) is 0 Å². The lowest BCUT2D eigenvalue weighted by Gasteiger charge is -2.47. The Hall–Kier alpha value is -3.46. The molecule has 2 aliphatic carbocycles. The van der Waals surface area contributed by atoms with Gasteiger partial charge in [0.25, 0.3) is 0 Å². The first kappa shape index (κ1) is 30.6. The van der Waals surface area contributed by atoms with E-state index < -0.39 is 25.1 Å². The number of carbonyl (C=O) groups is 2. The topological polar surface area (TPSA) is 93.1 Å². The molecule has 6 rings (SSSR count). The molecule has 1 aliphatic heterocycles. The van der Waals surface area contributed by atoms with E-state index in [4.69, 9.17) is 9.39 Å². The van der Waals surface area contributed by atoms with Gasteiger partial charge in [-0.1, -0.05) is 83.4 Å². The molecule has 0 amide bonds. The van der Waals surface area contributed by atoms with Crippen LogP contribution in [0.3, 0.4) is 0 Å². The van der Waals surface area contributed by atoms with E-state index >= 15 is 0 Å². The number of halogens is 1. The van der Waals surface area contributed by atoms with Gasteiger partial charge in [0, 0.05) is 33.0 Å². The number of phenols is 1. The zero-order chi connectivity index (χ0) is 30.8. The first-order chi connectivity index (χ1) is 21.3. The van der Waals surface area contributed by atoms with Gasteiger partial charge in [0.2, 0.25) is 0 Å². The van der Waals surface area contributed by atoms with Crippen LogP contribution in [0.1, 0.15) is 65.3 Å². The van der Waals surface area contributed by atoms with E-state index in [2.05, 4.69) is 22.9 Å². The Morgan fingerprint density at radius 2 is 1.73 bits per heavy atom. The van der Waals surface area contributed by atoms with Crippen molar-refractivity contribution in [2.45, 2.75) is 51.5 Å². The summed E-state index contributed by atoms with van der Waals surface area (Å²) in [6.45, 7) is 2.40. The van der Waals surface area contributed by atoms with Crippen LogP contribution in [0.4, 0.5) is 0 Å². The molecule has 2 N–H and O–H groups in total. The Kier molecular flexibility index (Phi) is 9.22. The number of hydrogen-bond donors (Lipinski definition) is 2. The second-order valence-corrected chi connectivity index (χ2v) is 12.9. The van der Waals surface area contributed by atoms with Crippen molar-refractivity contribution >= 4 is 40.7 Å². The number of Topliss-reactive ketones (excluding diaryl/α,β-unsaturated/α-hetero) is 2. The zero-order valence-corrected chi connectivity index (χ0v) is 26.3. The Morgan fingerprint density at radius 3 is 2.48 bits per heavy atom. The number of fused-ring (bicyclic) bond motifs is 4. The van der Waals surface area contributed by atoms with Crippen LogP contribution >= 0.6 is 15.9 Å². The normalized spacial score (nSPS) is 23.2. The van der Waals surface area contributed by atoms with Gasteiger partial charge in [-0.15, -0.1) is 0 Å². The van der Waals surface area contributed by atoms with Crippen LogP contribution in [-0.2, 0) is 4.65 Å². The summed E-state index contributed by atoms with van der Waals surface area (Å²) >= 11 is 3.50. The molecular weight excluding hydrogens is 619 g/mol. The molecule has 226 valence electrons. The third-order valence-electron chi connectivity index (χ3n) is 9.17. The summed E-state index contributed by atoms with van der Waals surface area (Å²) < 4.78 is 13.4. The minimum absolute atomic E-state index is 0.0130. The number of phenolic OH excluding ortho intramolecular Hbond substituents is 1. The van der Waals surface area contributed by atoms with E-state index in [0.717, 1.165) is 45.3 Å². The maximum absolute atomic E-state index is 14.0. The molecule has 3 aliphatic rings. The van der Waals surface area contributed by atoms with Crippen molar-refractivity contribution in [3.8, 4) is 11.5 Å². The number of para-hydroxylation sites is 1. The fourth-order valence-corrected chi connectivity index (χ4v) is 7.64. The highest BCUT2D eigenvalue weighted by Crippen LogP contribution is 2.51. The third kappa shape index (κ3) is 6.21. The molecule has 0 bridgehead atoms. The first-order valence-corrected chi connectivity index (χ1v) is 16.2. The second-order valence-electron chi connectivity index (χ2n) is 12.0. The van der Waals surface area contributed by atoms with E-state index in [-0.39, 0.29) is 36.2 Å². The van der Waals surface area contributed by atoms with Gasteiger partial charge < -0.3 is 19.5 Å². The van der Waals surface area contributed by atoms with Crippen molar-refractivity contribution in [3.63, 3.8) is 0 Å². The van der Waals surface area contributed by atoms with E-state index in [0.29, 0.717) is 30.4 Å². The van der Waals surface area contributed by atoms with Gasteiger partial charge in [-0.05, 0) is 79.4 Å². The summed E-state index contributed by atoms with van der Waals surface area (Å²) in [6, 6.07) is 22.0. The standard InChI is InChI=1S/C36H36BBrO6/c1-2-8-22(17-23-18-25(38)14-15-31(23)39)13-16-32-33-24(21-43-26-9-4-3-5-10-26)19-29-34(30(33)20-37(42)44-32)36(41)28-12-7-6-11-27(28)35(29)40/h3-7,9-12,14-15,17-18,29-30,32,34,39,42H,2,8,13,16,19-21H2,1H3/b22-17+/t29-,30+,32-,34-/m1/s1. The predicted molar refractivity (Wildman–Crippen MR) is 175 cm³/mol. The number of benzene rings is 3. The van der Waals surface area contributed by atoms with E-state index in [9.17, 15) is 19.7 Å². The second kappa shape index (κ2) is 13.3. The van der Waals surface area contributed by atoms with E-state index in [1.165, 1.54) is 0 Å². The van der Waals surface area contributed by atoms with Crippen LogP contribution in [-0.4, -0.2) is 41.5 Å². The van der Waals surface area contributed by atoms with Gasteiger partial charge in [-0.3, -0.25) is 9.59 Å². The fourth-order valence-electron chi connectivity index (χ4n) is 7.26. The fraction of sp³-hybridized carbons (Fsp3) is 0.333. The van der Waals surface area contributed by atoms with Crippen molar-refractivity contribution in [1.29, 1.82) is 0 Å². The maximum atomic E-state index is 14.0. The third-order valence-corrected chi connectivity index (χ3v) is 9.66. The number of ether oxygens (including phenoxy) is 1. The van der Waals surface area contributed by atoms with Crippen molar-refractivity contribution in [3.05, 3.63) is 111 Å². The van der Waals surface area contributed by atoms with Gasteiger partial charge in [0.15, 0.2) is 11.6 Å². The number of hydrogen-bond acceptors (Lipinski definition) is 6. The van der Waals surface area contributed by atoms with Crippen LogP contribution in [0.5, 0.6) is 11.5 Å². The summed E-state index contributed by atoms with van der Waals surface area (Å²) in [4.78, 5) is 27.8. The van der Waals surface area contributed by atoms with Crippen molar-refractivity contribution in [2.75, 3.05) is 6.61 Å². The molecule has 6 nitrogen and oxygen atoms in total. The summed E-state index contributed by atoms with van der Waals surface area (Å²) in [5.41, 5.74) is 4.83. The number of ketones is 2. The minimum atomic E-state index is -1.04. The highest BCUT2D eigenvalue weighted by molar-refractivity contribution is 9.10. The van der Waals surface area contributed by atoms with Crippen LogP contribution < -0.4 is 4.74 Å². The highest BCUT2D eigenvalue weighted by Gasteiger charge is 2.53. The number of aromatic hydroxyl groups is 1. The molecule has 1 heterocycles. The van der Waals surface area contributed by atoms with Crippen LogP contribution in [0.25, 0.3) is 6.08 Å². The molecule has 0 saturated carbocycles. The summed E-state index contributed by atoms with van der Waals surface area (Å²) in [5, 5.41) is 21.5. The Bertz CT molecular complexity index is 1620. The molecule has 3 aromatic rings.